The van der Waals surface area contributed by atoms with Gasteiger partial charge in [0.2, 0.25) is 0 Å². The van der Waals surface area contributed by atoms with Crippen molar-refractivity contribution in [1.82, 2.24) is 15.1 Å². The van der Waals surface area contributed by atoms with E-state index in [1.165, 1.54) is 11.3 Å². The normalized spacial score (nSPS) is 12.6. The smallest absolute Gasteiger partial charge is 0.0695 e. The van der Waals surface area contributed by atoms with E-state index in [0.717, 1.165) is 23.9 Å². The maximum absolute atomic E-state index is 4.32. The van der Waals surface area contributed by atoms with Gasteiger partial charge < -0.3 is 5.32 Å². The number of benzene rings is 1. The van der Waals surface area contributed by atoms with Crippen LogP contribution >= 0.6 is 15.9 Å². The number of nitrogens with zero attached hydrogens (tertiary/aromatic N) is 2. The average molecular weight is 322 g/mol. The van der Waals surface area contributed by atoms with Gasteiger partial charge in [0.25, 0.3) is 0 Å². The fourth-order valence-corrected chi connectivity index (χ4v) is 2.87. The second-order valence-electron chi connectivity index (χ2n) is 4.70. The molecule has 2 rings (SSSR count). The number of hydrogen-bond donors (Lipinski definition) is 1. The van der Waals surface area contributed by atoms with Crippen molar-refractivity contribution in [2.24, 2.45) is 7.05 Å². The molecule has 1 aromatic carbocycles. The van der Waals surface area contributed by atoms with E-state index in [0.29, 0.717) is 0 Å². The first-order valence-corrected chi connectivity index (χ1v) is 7.46. The third-order valence-corrected chi connectivity index (χ3v) is 3.80. The predicted molar refractivity (Wildman–Crippen MR) is 82.1 cm³/mol. The Morgan fingerprint density at radius 2 is 2.05 bits per heavy atom. The van der Waals surface area contributed by atoms with E-state index in [4.69, 9.17) is 0 Å². The Morgan fingerprint density at radius 3 is 2.63 bits per heavy atom. The molecule has 102 valence electrons. The van der Waals surface area contributed by atoms with Crippen LogP contribution in [0.4, 0.5) is 0 Å². The summed E-state index contributed by atoms with van der Waals surface area (Å²) in [6.07, 6.45) is 3.96. The van der Waals surface area contributed by atoms with E-state index >= 15 is 0 Å². The van der Waals surface area contributed by atoms with Gasteiger partial charge in [-0.25, -0.2) is 0 Å². The maximum Gasteiger partial charge on any atom is 0.0695 e. The molecule has 2 aromatic rings. The van der Waals surface area contributed by atoms with Crippen molar-refractivity contribution in [2.75, 3.05) is 6.54 Å². The Balaban J connectivity index is 2.21. The molecule has 3 nitrogen and oxygen atoms in total. The molecule has 0 saturated heterocycles. The van der Waals surface area contributed by atoms with E-state index in [9.17, 15) is 0 Å². The molecule has 0 aliphatic rings. The summed E-state index contributed by atoms with van der Waals surface area (Å²) in [5.74, 6) is 0. The molecule has 0 aliphatic heterocycles. The monoisotopic (exact) mass is 321 g/mol. The van der Waals surface area contributed by atoms with Crippen molar-refractivity contribution in [3.05, 3.63) is 52.3 Å². The quantitative estimate of drug-likeness (QED) is 0.883. The second-order valence-corrected chi connectivity index (χ2v) is 5.55. The summed E-state index contributed by atoms with van der Waals surface area (Å²) in [6.45, 7) is 3.19. The molecule has 0 amide bonds. The van der Waals surface area contributed by atoms with E-state index in [-0.39, 0.29) is 6.04 Å². The van der Waals surface area contributed by atoms with Gasteiger partial charge in [-0.2, -0.15) is 5.10 Å². The van der Waals surface area contributed by atoms with Crippen molar-refractivity contribution in [1.29, 1.82) is 0 Å². The Hall–Kier alpha value is -1.13. The van der Waals surface area contributed by atoms with Crippen LogP contribution in [0.5, 0.6) is 0 Å². The Bertz CT molecular complexity index is 488. The number of aryl methyl sites for hydroxylation is 1. The van der Waals surface area contributed by atoms with Gasteiger partial charge in [0, 0.05) is 7.05 Å². The summed E-state index contributed by atoms with van der Waals surface area (Å²) in [4.78, 5) is 0. The van der Waals surface area contributed by atoms with Gasteiger partial charge in [0.15, 0.2) is 0 Å². The minimum Gasteiger partial charge on any atom is -0.308 e. The highest BCUT2D eigenvalue weighted by molar-refractivity contribution is 9.10. The summed E-state index contributed by atoms with van der Waals surface area (Å²) in [7, 11) is 1.99. The lowest BCUT2D eigenvalue weighted by Crippen LogP contribution is -2.26. The molecular formula is C15H20BrN3. The van der Waals surface area contributed by atoms with Crippen LogP contribution in [-0.4, -0.2) is 16.3 Å². The van der Waals surface area contributed by atoms with Crippen LogP contribution in [-0.2, 0) is 13.5 Å². The van der Waals surface area contributed by atoms with Crippen LogP contribution in [0.3, 0.4) is 0 Å². The number of hydrogen-bond acceptors (Lipinski definition) is 2. The lowest BCUT2D eigenvalue weighted by molar-refractivity contribution is 0.492. The predicted octanol–water partition coefficient (Wildman–Crippen LogP) is 3.47. The van der Waals surface area contributed by atoms with Crippen LogP contribution in [0.15, 0.2) is 41.0 Å². The average Bonchev–Trinajstić information content (AvgIpc) is 2.75. The summed E-state index contributed by atoms with van der Waals surface area (Å²) in [5.41, 5.74) is 2.54. The zero-order valence-corrected chi connectivity index (χ0v) is 13.0. The number of rotatable bonds is 6. The number of halogens is 1. The van der Waals surface area contributed by atoms with Crippen molar-refractivity contribution in [2.45, 2.75) is 25.8 Å². The SMILES string of the molecule is CCCNC(Cc1ccccc1)c1c(Br)cnn1C. The molecule has 1 heterocycles. The summed E-state index contributed by atoms with van der Waals surface area (Å²) >= 11 is 3.60. The first kappa shape index (κ1) is 14.3. The number of nitrogens with one attached hydrogen (secondary N) is 1. The Morgan fingerprint density at radius 1 is 1.32 bits per heavy atom. The molecule has 1 N–H and O–H groups in total. The molecule has 0 saturated carbocycles. The van der Waals surface area contributed by atoms with Crippen LogP contribution in [0.25, 0.3) is 0 Å². The molecule has 1 atom stereocenters. The van der Waals surface area contributed by atoms with Crippen molar-refractivity contribution < 1.29 is 0 Å². The molecule has 19 heavy (non-hydrogen) atoms. The van der Waals surface area contributed by atoms with Gasteiger partial charge in [-0.05, 0) is 40.9 Å². The van der Waals surface area contributed by atoms with E-state index in [2.05, 4.69) is 63.6 Å². The lowest BCUT2D eigenvalue weighted by atomic mass is 10.0. The van der Waals surface area contributed by atoms with Gasteiger partial charge in [0.1, 0.15) is 0 Å². The third kappa shape index (κ3) is 3.67. The van der Waals surface area contributed by atoms with Crippen molar-refractivity contribution in [3.8, 4) is 0 Å². The highest BCUT2D eigenvalue weighted by atomic mass is 79.9. The van der Waals surface area contributed by atoms with Gasteiger partial charge in [-0.3, -0.25) is 4.68 Å². The minimum atomic E-state index is 0.282. The fraction of sp³-hybridized carbons (Fsp3) is 0.400. The number of aromatic nitrogens is 2. The highest BCUT2D eigenvalue weighted by Gasteiger charge is 2.18. The van der Waals surface area contributed by atoms with Gasteiger partial charge in [0.05, 0.1) is 22.4 Å². The summed E-state index contributed by atoms with van der Waals surface area (Å²) in [5, 5.41) is 7.93. The van der Waals surface area contributed by atoms with Crippen LogP contribution in [0.1, 0.15) is 30.6 Å². The summed E-state index contributed by atoms with van der Waals surface area (Å²) in [6, 6.07) is 10.9. The molecule has 0 fully saturated rings. The van der Waals surface area contributed by atoms with Crippen LogP contribution < -0.4 is 5.32 Å². The molecule has 0 radical (unpaired) electrons. The molecule has 4 heteroatoms. The van der Waals surface area contributed by atoms with E-state index in [1.807, 2.05) is 17.9 Å². The standard InChI is InChI=1S/C15H20BrN3/c1-3-9-17-14(10-12-7-5-4-6-8-12)15-13(16)11-18-19(15)2/h4-8,11,14,17H,3,9-10H2,1-2H3. The molecule has 1 aromatic heterocycles. The van der Waals surface area contributed by atoms with E-state index < -0.39 is 0 Å². The lowest BCUT2D eigenvalue weighted by Gasteiger charge is -2.19. The fourth-order valence-electron chi connectivity index (χ4n) is 2.25. The minimum absolute atomic E-state index is 0.282. The molecular weight excluding hydrogens is 302 g/mol. The van der Waals surface area contributed by atoms with Gasteiger partial charge >= 0.3 is 0 Å². The first-order chi connectivity index (χ1) is 9.22. The van der Waals surface area contributed by atoms with Crippen LogP contribution in [0.2, 0.25) is 0 Å². The van der Waals surface area contributed by atoms with Gasteiger partial charge in [-0.1, -0.05) is 37.3 Å². The Labute approximate surface area is 123 Å². The molecule has 1 unspecified atom stereocenters. The summed E-state index contributed by atoms with van der Waals surface area (Å²) < 4.78 is 3.01. The molecule has 0 spiro atoms. The highest BCUT2D eigenvalue weighted by Crippen LogP contribution is 2.25. The zero-order chi connectivity index (χ0) is 13.7. The maximum atomic E-state index is 4.32. The second kappa shape index (κ2) is 6.87. The zero-order valence-electron chi connectivity index (χ0n) is 11.4. The molecule has 0 bridgehead atoms. The van der Waals surface area contributed by atoms with E-state index in [1.54, 1.807) is 0 Å². The topological polar surface area (TPSA) is 29.9 Å². The first-order valence-electron chi connectivity index (χ1n) is 6.67. The van der Waals surface area contributed by atoms with Gasteiger partial charge in [-0.15, -0.1) is 0 Å². The molecule has 0 aliphatic carbocycles. The third-order valence-electron chi connectivity index (χ3n) is 3.19. The van der Waals surface area contributed by atoms with Crippen molar-refractivity contribution >= 4 is 15.9 Å². The van der Waals surface area contributed by atoms with Crippen molar-refractivity contribution in [3.63, 3.8) is 0 Å². The van der Waals surface area contributed by atoms with Crippen LogP contribution in [0, 0.1) is 0 Å². The largest absolute Gasteiger partial charge is 0.308 e. The Kier molecular flexibility index (Phi) is 5.16.